The largest absolute Gasteiger partial charge is 0.317 e. The Labute approximate surface area is 139 Å². The average molecular weight is 334 g/mol. The summed E-state index contributed by atoms with van der Waals surface area (Å²) in [6.07, 6.45) is 3.83. The van der Waals surface area contributed by atoms with E-state index in [-0.39, 0.29) is 5.91 Å². The molecule has 0 saturated carbocycles. The van der Waals surface area contributed by atoms with Crippen LogP contribution < -0.4 is 10.6 Å². The molecule has 0 aliphatic carbocycles. The van der Waals surface area contributed by atoms with Gasteiger partial charge < -0.3 is 5.32 Å². The normalized spacial score (nSPS) is 16.0. The highest BCUT2D eigenvalue weighted by Gasteiger charge is 2.23. The van der Waals surface area contributed by atoms with E-state index < -0.39 is 0 Å². The molecule has 1 saturated heterocycles. The van der Waals surface area contributed by atoms with Crippen LogP contribution in [0.2, 0.25) is 0 Å². The SMILES string of the molecule is Cc1c(C(=O)Nc2ncc(C(C)C)s2)nnn1C1CCNCC1. The zero-order chi connectivity index (χ0) is 16.4. The predicted octanol–water partition coefficient (Wildman–Crippen LogP) is 2.34. The summed E-state index contributed by atoms with van der Waals surface area (Å²) in [6.45, 7) is 8.06. The Bertz CT molecular complexity index is 686. The van der Waals surface area contributed by atoms with Gasteiger partial charge in [0.1, 0.15) is 0 Å². The van der Waals surface area contributed by atoms with Gasteiger partial charge in [-0.15, -0.1) is 16.4 Å². The maximum absolute atomic E-state index is 12.4. The van der Waals surface area contributed by atoms with E-state index >= 15 is 0 Å². The fourth-order valence-electron chi connectivity index (χ4n) is 2.72. The third-order valence-electron chi connectivity index (χ3n) is 4.11. The molecule has 1 aliphatic heterocycles. The van der Waals surface area contributed by atoms with Crippen LogP contribution in [0.25, 0.3) is 0 Å². The van der Waals surface area contributed by atoms with Crippen molar-refractivity contribution in [1.29, 1.82) is 0 Å². The molecule has 0 aromatic carbocycles. The number of anilines is 1. The molecule has 1 fully saturated rings. The van der Waals surface area contributed by atoms with Gasteiger partial charge in [0.25, 0.3) is 5.91 Å². The molecule has 0 bridgehead atoms. The summed E-state index contributed by atoms with van der Waals surface area (Å²) in [5.74, 6) is 0.160. The number of nitrogens with zero attached hydrogens (tertiary/aromatic N) is 4. The molecule has 8 heteroatoms. The number of carbonyl (C=O) groups excluding carboxylic acids is 1. The fourth-order valence-corrected chi connectivity index (χ4v) is 3.53. The Kier molecular flexibility index (Phi) is 4.72. The summed E-state index contributed by atoms with van der Waals surface area (Å²) in [7, 11) is 0. The van der Waals surface area contributed by atoms with Crippen molar-refractivity contribution in [3.05, 3.63) is 22.5 Å². The van der Waals surface area contributed by atoms with Gasteiger partial charge in [-0.3, -0.25) is 10.1 Å². The summed E-state index contributed by atoms with van der Waals surface area (Å²) >= 11 is 1.50. The third-order valence-corrected chi connectivity index (χ3v) is 5.32. The molecule has 7 nitrogen and oxygen atoms in total. The predicted molar refractivity (Wildman–Crippen MR) is 90.1 cm³/mol. The Morgan fingerprint density at radius 2 is 2.17 bits per heavy atom. The monoisotopic (exact) mass is 334 g/mol. The Morgan fingerprint density at radius 3 is 2.83 bits per heavy atom. The van der Waals surface area contributed by atoms with Crippen LogP contribution in [0, 0.1) is 6.92 Å². The number of nitrogens with one attached hydrogen (secondary N) is 2. The topological polar surface area (TPSA) is 84.7 Å². The van der Waals surface area contributed by atoms with Crippen molar-refractivity contribution >= 4 is 22.4 Å². The second-order valence-electron chi connectivity index (χ2n) is 6.13. The van der Waals surface area contributed by atoms with Gasteiger partial charge in [-0.05, 0) is 38.8 Å². The molecule has 3 rings (SSSR count). The molecule has 2 aromatic heterocycles. The van der Waals surface area contributed by atoms with Gasteiger partial charge in [-0.25, -0.2) is 9.67 Å². The molecule has 2 N–H and O–H groups in total. The van der Waals surface area contributed by atoms with Gasteiger partial charge in [0.15, 0.2) is 10.8 Å². The fraction of sp³-hybridized carbons (Fsp3) is 0.600. The van der Waals surface area contributed by atoms with Crippen molar-refractivity contribution in [3.63, 3.8) is 0 Å². The highest BCUT2D eigenvalue weighted by atomic mass is 32.1. The minimum Gasteiger partial charge on any atom is -0.317 e. The lowest BCUT2D eigenvalue weighted by Gasteiger charge is -2.23. The standard InChI is InChI=1S/C15H22N6OS/c1-9(2)12-8-17-15(23-12)18-14(22)13-10(3)21(20-19-13)11-4-6-16-7-5-11/h8-9,11,16H,4-7H2,1-3H3,(H,17,18,22). The van der Waals surface area contributed by atoms with E-state index in [1.54, 1.807) is 0 Å². The van der Waals surface area contributed by atoms with Crippen LogP contribution in [-0.2, 0) is 0 Å². The highest BCUT2D eigenvalue weighted by molar-refractivity contribution is 7.15. The van der Waals surface area contributed by atoms with Crippen LogP contribution >= 0.6 is 11.3 Å². The second-order valence-corrected chi connectivity index (χ2v) is 7.19. The Hall–Kier alpha value is -1.80. The first-order chi connectivity index (χ1) is 11.1. The molecule has 2 aromatic rings. The number of amides is 1. The van der Waals surface area contributed by atoms with E-state index in [4.69, 9.17) is 0 Å². The number of carbonyl (C=O) groups is 1. The second kappa shape index (κ2) is 6.76. The van der Waals surface area contributed by atoms with Gasteiger partial charge in [0.05, 0.1) is 11.7 Å². The molecule has 23 heavy (non-hydrogen) atoms. The molecule has 0 atom stereocenters. The minimum absolute atomic E-state index is 0.243. The van der Waals surface area contributed by atoms with E-state index in [2.05, 4.69) is 39.8 Å². The lowest BCUT2D eigenvalue weighted by atomic mass is 10.1. The molecule has 1 aliphatic rings. The van der Waals surface area contributed by atoms with E-state index in [1.807, 2.05) is 17.8 Å². The Balaban J connectivity index is 1.73. The van der Waals surface area contributed by atoms with Crippen molar-refractivity contribution in [2.75, 3.05) is 18.4 Å². The van der Waals surface area contributed by atoms with Crippen LogP contribution in [0.3, 0.4) is 0 Å². The van der Waals surface area contributed by atoms with Crippen molar-refractivity contribution < 1.29 is 4.79 Å². The number of hydrogen-bond acceptors (Lipinski definition) is 6. The van der Waals surface area contributed by atoms with Crippen LogP contribution in [0.1, 0.15) is 59.7 Å². The molecule has 3 heterocycles. The van der Waals surface area contributed by atoms with E-state index in [0.29, 0.717) is 22.8 Å². The highest BCUT2D eigenvalue weighted by Crippen LogP contribution is 2.26. The molecule has 1 amide bonds. The minimum atomic E-state index is -0.243. The lowest BCUT2D eigenvalue weighted by Crippen LogP contribution is -2.30. The van der Waals surface area contributed by atoms with Gasteiger partial charge in [-0.2, -0.15) is 0 Å². The Morgan fingerprint density at radius 1 is 1.43 bits per heavy atom. The summed E-state index contributed by atoms with van der Waals surface area (Å²) in [6, 6.07) is 0.317. The van der Waals surface area contributed by atoms with Gasteiger partial charge in [0, 0.05) is 11.1 Å². The average Bonchev–Trinajstić information content (AvgIpc) is 3.15. The molecular weight excluding hydrogens is 312 g/mol. The summed E-state index contributed by atoms with van der Waals surface area (Å²) < 4.78 is 1.89. The van der Waals surface area contributed by atoms with E-state index in [1.165, 1.54) is 11.3 Å². The van der Waals surface area contributed by atoms with Crippen molar-refractivity contribution in [3.8, 4) is 0 Å². The molecule has 0 radical (unpaired) electrons. The number of thiazole rings is 1. The molecule has 124 valence electrons. The molecular formula is C15H22N6OS. The zero-order valence-electron chi connectivity index (χ0n) is 13.7. The summed E-state index contributed by atoms with van der Waals surface area (Å²) in [5.41, 5.74) is 1.19. The van der Waals surface area contributed by atoms with E-state index in [0.717, 1.165) is 36.5 Å². The first kappa shape index (κ1) is 16.1. The van der Waals surface area contributed by atoms with Gasteiger partial charge >= 0.3 is 0 Å². The first-order valence-electron chi connectivity index (χ1n) is 7.96. The third kappa shape index (κ3) is 3.42. The van der Waals surface area contributed by atoms with Gasteiger partial charge in [0.2, 0.25) is 0 Å². The number of piperidine rings is 1. The van der Waals surface area contributed by atoms with Crippen LogP contribution in [0.5, 0.6) is 0 Å². The first-order valence-corrected chi connectivity index (χ1v) is 8.77. The van der Waals surface area contributed by atoms with Crippen molar-refractivity contribution in [2.24, 2.45) is 0 Å². The lowest BCUT2D eigenvalue weighted by molar-refractivity contribution is 0.102. The zero-order valence-corrected chi connectivity index (χ0v) is 14.5. The van der Waals surface area contributed by atoms with Crippen molar-refractivity contribution in [2.45, 2.75) is 45.6 Å². The molecule has 0 unspecified atom stereocenters. The maximum Gasteiger partial charge on any atom is 0.279 e. The summed E-state index contributed by atoms with van der Waals surface area (Å²) in [4.78, 5) is 17.8. The van der Waals surface area contributed by atoms with Crippen LogP contribution in [-0.4, -0.2) is 39.0 Å². The van der Waals surface area contributed by atoms with Gasteiger partial charge in [-0.1, -0.05) is 19.1 Å². The number of hydrogen-bond donors (Lipinski definition) is 2. The van der Waals surface area contributed by atoms with Crippen LogP contribution in [0.4, 0.5) is 5.13 Å². The maximum atomic E-state index is 12.4. The number of aromatic nitrogens is 4. The number of rotatable bonds is 4. The van der Waals surface area contributed by atoms with Crippen LogP contribution in [0.15, 0.2) is 6.20 Å². The van der Waals surface area contributed by atoms with Crippen molar-refractivity contribution in [1.82, 2.24) is 25.3 Å². The quantitative estimate of drug-likeness (QED) is 0.896. The smallest absolute Gasteiger partial charge is 0.279 e. The van der Waals surface area contributed by atoms with E-state index in [9.17, 15) is 4.79 Å². The summed E-state index contributed by atoms with van der Waals surface area (Å²) in [5, 5.41) is 15.0. The molecule has 0 spiro atoms.